The van der Waals surface area contributed by atoms with Gasteiger partial charge >= 0.3 is 11.9 Å². The van der Waals surface area contributed by atoms with Gasteiger partial charge in [-0.2, -0.15) is 0 Å². The fourth-order valence-corrected chi connectivity index (χ4v) is 4.52. The maximum atomic E-state index is 12.6. The summed E-state index contributed by atoms with van der Waals surface area (Å²) in [6, 6.07) is 12.7. The summed E-state index contributed by atoms with van der Waals surface area (Å²) >= 11 is 0. The van der Waals surface area contributed by atoms with Crippen molar-refractivity contribution in [1.29, 1.82) is 0 Å². The number of hydrogen-bond acceptors (Lipinski definition) is 3. The predicted molar refractivity (Wildman–Crippen MR) is 112 cm³/mol. The maximum absolute atomic E-state index is 12.6. The van der Waals surface area contributed by atoms with Crippen LogP contribution in [0.2, 0.25) is 0 Å². The van der Waals surface area contributed by atoms with Crippen LogP contribution in [-0.4, -0.2) is 17.0 Å². The molecule has 4 nitrogen and oxygen atoms in total. The van der Waals surface area contributed by atoms with E-state index in [1.54, 1.807) is 0 Å². The molecule has 0 amide bonds. The number of rotatable bonds is 4. The van der Waals surface area contributed by atoms with E-state index in [4.69, 9.17) is 9.84 Å². The zero-order valence-electron chi connectivity index (χ0n) is 17.5. The van der Waals surface area contributed by atoms with Crippen LogP contribution in [0.3, 0.4) is 0 Å². The lowest BCUT2D eigenvalue weighted by atomic mass is 9.63. The number of carbonyl (C=O) groups is 2. The Hall–Kier alpha value is -2.62. The number of aromatic carboxylic acids is 1. The van der Waals surface area contributed by atoms with Crippen LogP contribution in [0, 0.1) is 5.92 Å². The van der Waals surface area contributed by atoms with Crippen LogP contribution in [-0.2, 0) is 15.6 Å². The average Bonchev–Trinajstić information content (AvgIpc) is 3.47. The average molecular weight is 392 g/mol. The molecule has 1 saturated carbocycles. The lowest BCUT2D eigenvalue weighted by Crippen LogP contribution is -2.33. The van der Waals surface area contributed by atoms with E-state index in [1.165, 1.54) is 53.8 Å². The molecule has 4 heteroatoms. The highest BCUT2D eigenvalue weighted by atomic mass is 16.5. The van der Waals surface area contributed by atoms with E-state index in [-0.39, 0.29) is 34.2 Å². The largest absolute Gasteiger partial charge is 0.478 e. The first-order valence-electron chi connectivity index (χ1n) is 10.3. The van der Waals surface area contributed by atoms with Gasteiger partial charge in [0.25, 0.3) is 0 Å². The van der Waals surface area contributed by atoms with Gasteiger partial charge in [0.1, 0.15) is 5.75 Å². The van der Waals surface area contributed by atoms with Crippen molar-refractivity contribution in [2.24, 2.45) is 5.92 Å². The number of ether oxygens (including phenoxy) is 1. The Morgan fingerprint density at radius 1 is 0.931 bits per heavy atom. The number of fused-ring (bicyclic) bond motifs is 1. The van der Waals surface area contributed by atoms with Crippen LogP contribution in [0.1, 0.15) is 79.9 Å². The van der Waals surface area contributed by atoms with Gasteiger partial charge in [0.15, 0.2) is 0 Å². The van der Waals surface area contributed by atoms with Crippen LogP contribution in [0.15, 0.2) is 42.5 Å². The molecule has 2 aromatic carbocycles. The van der Waals surface area contributed by atoms with E-state index in [9.17, 15) is 9.59 Å². The minimum absolute atomic E-state index is 0.132. The predicted octanol–water partition coefficient (Wildman–Crippen LogP) is 5.44. The van der Waals surface area contributed by atoms with Crippen molar-refractivity contribution in [1.82, 2.24) is 0 Å². The van der Waals surface area contributed by atoms with Crippen molar-refractivity contribution in [2.75, 3.05) is 0 Å². The Bertz CT molecular complexity index is 969. The Balaban J connectivity index is 1.49. The van der Waals surface area contributed by atoms with Crippen molar-refractivity contribution in [3.05, 3.63) is 64.7 Å². The van der Waals surface area contributed by atoms with E-state index >= 15 is 0 Å². The van der Waals surface area contributed by atoms with E-state index in [2.05, 4.69) is 45.9 Å². The van der Waals surface area contributed by atoms with Crippen molar-refractivity contribution in [3.8, 4) is 5.75 Å². The number of benzene rings is 2. The molecule has 1 N–H and O–H groups in total. The van der Waals surface area contributed by atoms with E-state index in [0.717, 1.165) is 6.42 Å². The number of esters is 1. The molecule has 152 valence electrons. The van der Waals surface area contributed by atoms with Gasteiger partial charge in [-0.15, -0.1) is 0 Å². The van der Waals surface area contributed by atoms with E-state index < -0.39 is 5.97 Å². The molecular weight excluding hydrogens is 364 g/mol. The van der Waals surface area contributed by atoms with Gasteiger partial charge in [0, 0.05) is 0 Å². The Morgan fingerprint density at radius 3 is 2.17 bits per heavy atom. The molecule has 29 heavy (non-hydrogen) atoms. The lowest BCUT2D eigenvalue weighted by Gasteiger charge is -2.42. The molecule has 2 aliphatic carbocycles. The van der Waals surface area contributed by atoms with Gasteiger partial charge in [-0.25, -0.2) is 4.79 Å². The fraction of sp³-hybridized carbons (Fsp3) is 0.440. The van der Waals surface area contributed by atoms with Crippen molar-refractivity contribution >= 4 is 11.9 Å². The Labute approximate surface area is 171 Å². The van der Waals surface area contributed by atoms with Gasteiger partial charge in [-0.05, 0) is 77.0 Å². The molecule has 2 aliphatic rings. The number of carboxylic acids is 1. The van der Waals surface area contributed by atoms with Gasteiger partial charge in [-0.1, -0.05) is 45.9 Å². The summed E-state index contributed by atoms with van der Waals surface area (Å²) in [5.74, 6) is -0.781. The highest BCUT2D eigenvalue weighted by molar-refractivity contribution is 5.88. The normalized spacial score (nSPS) is 23.7. The van der Waals surface area contributed by atoms with E-state index in [0.29, 0.717) is 5.75 Å². The fourth-order valence-electron chi connectivity index (χ4n) is 4.52. The molecule has 0 saturated heterocycles. The highest BCUT2D eigenvalue weighted by Gasteiger charge is 2.46. The number of carboxylic acid groups (broad SMARTS) is 1. The summed E-state index contributed by atoms with van der Waals surface area (Å²) < 4.78 is 5.48. The summed E-state index contributed by atoms with van der Waals surface area (Å²) in [5.41, 5.74) is 4.57. The van der Waals surface area contributed by atoms with Crippen LogP contribution in [0.4, 0.5) is 0 Å². The second kappa shape index (κ2) is 6.72. The first kappa shape index (κ1) is 19.7. The molecule has 1 fully saturated rings. The third-order valence-electron chi connectivity index (χ3n) is 6.72. The molecule has 0 aromatic heterocycles. The minimum Gasteiger partial charge on any atom is -0.478 e. The van der Waals surface area contributed by atoms with Crippen LogP contribution in [0.25, 0.3) is 0 Å². The summed E-state index contributed by atoms with van der Waals surface area (Å²) in [5, 5.41) is 8.96. The third-order valence-corrected chi connectivity index (χ3v) is 6.72. The molecule has 2 unspecified atom stereocenters. The SMILES string of the molecule is CC1(C)CCC(C)(C)c2cc(C3CC3C(=O)Oc3ccc(C(=O)O)cc3)ccc21. The molecular formula is C25H28O4. The molecule has 0 heterocycles. The second-order valence-corrected chi connectivity index (χ2v) is 9.77. The van der Waals surface area contributed by atoms with Gasteiger partial charge in [-0.3, -0.25) is 4.79 Å². The van der Waals surface area contributed by atoms with Crippen LogP contribution >= 0.6 is 0 Å². The number of hydrogen-bond donors (Lipinski definition) is 1. The van der Waals surface area contributed by atoms with Gasteiger partial charge < -0.3 is 9.84 Å². The van der Waals surface area contributed by atoms with Crippen LogP contribution < -0.4 is 4.74 Å². The zero-order chi connectivity index (χ0) is 21.0. The zero-order valence-corrected chi connectivity index (χ0v) is 17.5. The topological polar surface area (TPSA) is 63.6 Å². The molecule has 2 aromatic rings. The van der Waals surface area contributed by atoms with Crippen molar-refractivity contribution in [2.45, 2.75) is 63.7 Å². The molecule has 0 radical (unpaired) electrons. The van der Waals surface area contributed by atoms with Crippen molar-refractivity contribution in [3.63, 3.8) is 0 Å². The molecule has 4 rings (SSSR count). The Morgan fingerprint density at radius 2 is 1.55 bits per heavy atom. The smallest absolute Gasteiger partial charge is 0.335 e. The standard InChI is InChI=1S/C25H28O4/c1-24(2)11-12-25(3,4)21-13-16(7-10-20(21)24)18-14-19(18)23(28)29-17-8-5-15(6-9-17)22(26)27/h5-10,13,18-19H,11-12,14H2,1-4H3,(H,26,27). The van der Waals surface area contributed by atoms with E-state index in [1.807, 2.05) is 0 Å². The van der Waals surface area contributed by atoms with Crippen LogP contribution in [0.5, 0.6) is 5.75 Å². The van der Waals surface area contributed by atoms with Gasteiger partial charge in [0.05, 0.1) is 11.5 Å². The Kier molecular flexibility index (Phi) is 4.56. The minimum atomic E-state index is -0.997. The molecule has 2 atom stereocenters. The summed E-state index contributed by atoms with van der Waals surface area (Å²) in [7, 11) is 0. The van der Waals surface area contributed by atoms with Crippen molar-refractivity contribution < 1.29 is 19.4 Å². The summed E-state index contributed by atoms with van der Waals surface area (Å²) in [6.45, 7) is 9.25. The summed E-state index contributed by atoms with van der Waals surface area (Å²) in [6.07, 6.45) is 3.15. The highest BCUT2D eigenvalue weighted by Crippen LogP contribution is 2.51. The first-order valence-corrected chi connectivity index (χ1v) is 10.3. The molecule has 0 spiro atoms. The monoisotopic (exact) mass is 392 g/mol. The second-order valence-electron chi connectivity index (χ2n) is 9.77. The third kappa shape index (κ3) is 3.68. The molecule has 0 bridgehead atoms. The lowest BCUT2D eigenvalue weighted by molar-refractivity contribution is -0.135. The van der Waals surface area contributed by atoms with Gasteiger partial charge in [0.2, 0.25) is 0 Å². The maximum Gasteiger partial charge on any atom is 0.335 e. The quantitative estimate of drug-likeness (QED) is 0.556. The summed E-state index contributed by atoms with van der Waals surface area (Å²) in [4.78, 5) is 23.5. The molecule has 0 aliphatic heterocycles. The number of carbonyl (C=O) groups excluding carboxylic acids is 1. The first-order chi connectivity index (χ1) is 13.6.